The summed E-state index contributed by atoms with van der Waals surface area (Å²) in [5, 5.41) is 10.2. The maximum atomic E-state index is 13.5. The molecule has 4 saturated carbocycles. The lowest BCUT2D eigenvalue weighted by Gasteiger charge is -2.57. The third-order valence-corrected chi connectivity index (χ3v) is 7.53. The van der Waals surface area contributed by atoms with Crippen LogP contribution < -0.4 is 4.90 Å². The molecule has 4 aliphatic carbocycles. The van der Waals surface area contributed by atoms with Crippen LogP contribution in [0.3, 0.4) is 0 Å². The quantitative estimate of drug-likeness (QED) is 0.883. The highest BCUT2D eigenvalue weighted by Gasteiger charge is 2.55. The number of hydrogen-bond donors (Lipinski definition) is 1. The summed E-state index contributed by atoms with van der Waals surface area (Å²) in [6, 6.07) is 5.76. The third-order valence-electron chi connectivity index (χ3n) is 7.53. The van der Waals surface area contributed by atoms with Crippen molar-refractivity contribution in [2.24, 2.45) is 23.2 Å². The Bertz CT molecular complexity index is 686. The summed E-state index contributed by atoms with van der Waals surface area (Å²) >= 11 is 0. The van der Waals surface area contributed by atoms with E-state index in [1.807, 2.05) is 12.1 Å². The van der Waals surface area contributed by atoms with Crippen molar-refractivity contribution >= 4 is 11.6 Å². The molecule has 5 aliphatic rings. The SMILES string of the molecule is Cc1ccc(O)c(N2CCN(C(=O)C34CC5CC(CC(C5)C3)C4)CC2)c1. The first-order valence-electron chi connectivity index (χ1n) is 10.4. The lowest BCUT2D eigenvalue weighted by molar-refractivity contribution is -0.158. The molecule has 4 heteroatoms. The van der Waals surface area contributed by atoms with Gasteiger partial charge < -0.3 is 14.9 Å². The monoisotopic (exact) mass is 354 g/mol. The van der Waals surface area contributed by atoms with Crippen LogP contribution in [0.15, 0.2) is 18.2 Å². The van der Waals surface area contributed by atoms with Crippen LogP contribution in [0.1, 0.15) is 44.1 Å². The van der Waals surface area contributed by atoms with Gasteiger partial charge in [0.05, 0.1) is 11.1 Å². The number of hydrogen-bond acceptors (Lipinski definition) is 3. The number of phenols is 1. The number of benzene rings is 1. The van der Waals surface area contributed by atoms with Crippen molar-refractivity contribution in [1.82, 2.24) is 4.90 Å². The Hall–Kier alpha value is -1.71. The number of aryl methyl sites for hydroxylation is 1. The second-order valence-electron chi connectivity index (χ2n) is 9.47. The zero-order valence-electron chi connectivity index (χ0n) is 15.8. The number of carbonyl (C=O) groups is 1. The number of rotatable bonds is 2. The van der Waals surface area contributed by atoms with Gasteiger partial charge in [0, 0.05) is 26.2 Å². The second-order valence-corrected chi connectivity index (χ2v) is 9.47. The van der Waals surface area contributed by atoms with Gasteiger partial charge in [0.25, 0.3) is 0 Å². The van der Waals surface area contributed by atoms with Crippen LogP contribution in [0.2, 0.25) is 0 Å². The molecular formula is C22H30N2O2. The van der Waals surface area contributed by atoms with Crippen LogP contribution in [0, 0.1) is 30.1 Å². The predicted molar refractivity (Wildman–Crippen MR) is 102 cm³/mol. The Kier molecular flexibility index (Phi) is 3.74. The number of piperazine rings is 1. The van der Waals surface area contributed by atoms with Crippen LogP contribution in [0.25, 0.3) is 0 Å². The van der Waals surface area contributed by atoms with Crippen molar-refractivity contribution in [3.05, 3.63) is 23.8 Å². The van der Waals surface area contributed by atoms with E-state index >= 15 is 0 Å². The van der Waals surface area contributed by atoms with Gasteiger partial charge in [-0.15, -0.1) is 0 Å². The van der Waals surface area contributed by atoms with Crippen LogP contribution in [0.4, 0.5) is 5.69 Å². The fourth-order valence-corrected chi connectivity index (χ4v) is 6.75. The molecule has 140 valence electrons. The van der Waals surface area contributed by atoms with E-state index < -0.39 is 0 Å². The van der Waals surface area contributed by atoms with E-state index in [1.165, 1.54) is 19.3 Å². The highest BCUT2D eigenvalue weighted by atomic mass is 16.3. The summed E-state index contributed by atoms with van der Waals surface area (Å²) in [6.07, 6.45) is 7.59. The van der Waals surface area contributed by atoms with Crippen LogP contribution in [-0.4, -0.2) is 42.1 Å². The fourth-order valence-electron chi connectivity index (χ4n) is 6.75. The standard InChI is InChI=1S/C22H30N2O2/c1-15-2-3-20(25)19(8-15)23-4-6-24(7-5-23)21(26)22-12-16-9-17(13-22)11-18(10-16)14-22/h2-3,8,16-18,25H,4-7,9-14H2,1H3. The molecule has 4 bridgehead atoms. The molecule has 1 aromatic carbocycles. The van der Waals surface area contributed by atoms with E-state index in [9.17, 15) is 9.90 Å². The van der Waals surface area contributed by atoms with E-state index in [4.69, 9.17) is 0 Å². The Balaban J connectivity index is 1.28. The number of nitrogens with zero attached hydrogens (tertiary/aromatic N) is 2. The maximum Gasteiger partial charge on any atom is 0.228 e. The Morgan fingerprint density at radius 1 is 1.00 bits per heavy atom. The maximum absolute atomic E-state index is 13.5. The molecule has 1 amide bonds. The first-order chi connectivity index (χ1) is 12.5. The van der Waals surface area contributed by atoms with Crippen LogP contribution >= 0.6 is 0 Å². The van der Waals surface area contributed by atoms with Crippen molar-refractivity contribution in [3.8, 4) is 5.75 Å². The minimum absolute atomic E-state index is 0.0254. The first kappa shape index (κ1) is 16.5. The lowest BCUT2D eigenvalue weighted by Crippen LogP contribution is -2.58. The number of phenolic OH excluding ortho intramolecular Hbond substituents is 1. The second kappa shape index (κ2) is 5.90. The van der Waals surface area contributed by atoms with E-state index in [-0.39, 0.29) is 5.41 Å². The molecular weight excluding hydrogens is 324 g/mol. The molecule has 1 saturated heterocycles. The number of carbonyl (C=O) groups excluding carboxylic acids is 1. The molecule has 1 N–H and O–H groups in total. The molecule has 0 atom stereocenters. The summed E-state index contributed by atoms with van der Waals surface area (Å²) in [6.45, 7) is 5.25. The highest BCUT2D eigenvalue weighted by molar-refractivity contribution is 5.83. The Morgan fingerprint density at radius 3 is 2.15 bits per heavy atom. The molecule has 26 heavy (non-hydrogen) atoms. The number of anilines is 1. The van der Waals surface area contributed by atoms with E-state index in [0.717, 1.165) is 74.4 Å². The molecule has 1 aromatic rings. The van der Waals surface area contributed by atoms with Gasteiger partial charge in [-0.25, -0.2) is 0 Å². The van der Waals surface area contributed by atoms with Crippen molar-refractivity contribution < 1.29 is 9.90 Å². The molecule has 0 unspecified atom stereocenters. The number of amides is 1. The normalized spacial score (nSPS) is 35.8. The topological polar surface area (TPSA) is 43.8 Å². The van der Waals surface area contributed by atoms with Crippen molar-refractivity contribution in [3.63, 3.8) is 0 Å². The smallest absolute Gasteiger partial charge is 0.228 e. The van der Waals surface area contributed by atoms with Crippen molar-refractivity contribution in [2.75, 3.05) is 31.1 Å². The zero-order valence-corrected chi connectivity index (χ0v) is 15.8. The van der Waals surface area contributed by atoms with Gasteiger partial charge in [0.15, 0.2) is 0 Å². The molecule has 6 rings (SSSR count). The van der Waals surface area contributed by atoms with Crippen LogP contribution in [0.5, 0.6) is 5.75 Å². The van der Waals surface area contributed by atoms with Gasteiger partial charge in [-0.1, -0.05) is 6.07 Å². The van der Waals surface area contributed by atoms with Gasteiger partial charge in [-0.05, 0) is 80.9 Å². The molecule has 5 fully saturated rings. The number of aromatic hydroxyl groups is 1. The minimum atomic E-state index is -0.0254. The van der Waals surface area contributed by atoms with Gasteiger partial charge >= 0.3 is 0 Å². The summed E-state index contributed by atoms with van der Waals surface area (Å²) in [5.74, 6) is 3.24. The first-order valence-corrected chi connectivity index (χ1v) is 10.4. The highest BCUT2D eigenvalue weighted by Crippen LogP contribution is 2.60. The summed E-state index contributed by atoms with van der Waals surface area (Å²) < 4.78 is 0. The van der Waals surface area contributed by atoms with Gasteiger partial charge in [-0.3, -0.25) is 4.79 Å². The van der Waals surface area contributed by atoms with Gasteiger partial charge in [0.1, 0.15) is 5.75 Å². The average molecular weight is 354 g/mol. The fraction of sp³-hybridized carbons (Fsp3) is 0.682. The lowest BCUT2D eigenvalue weighted by atomic mass is 9.49. The predicted octanol–water partition coefficient (Wildman–Crippen LogP) is 3.57. The van der Waals surface area contributed by atoms with E-state index in [0.29, 0.717) is 11.7 Å². The third kappa shape index (κ3) is 2.60. The Labute approximate surface area is 156 Å². The molecule has 0 radical (unpaired) electrons. The van der Waals surface area contributed by atoms with Crippen molar-refractivity contribution in [1.29, 1.82) is 0 Å². The molecule has 0 aromatic heterocycles. The van der Waals surface area contributed by atoms with E-state index in [1.54, 1.807) is 6.07 Å². The largest absolute Gasteiger partial charge is 0.506 e. The van der Waals surface area contributed by atoms with Crippen LogP contribution in [-0.2, 0) is 4.79 Å². The van der Waals surface area contributed by atoms with Crippen molar-refractivity contribution in [2.45, 2.75) is 45.4 Å². The van der Waals surface area contributed by atoms with Gasteiger partial charge in [0.2, 0.25) is 5.91 Å². The van der Waals surface area contributed by atoms with Gasteiger partial charge in [-0.2, -0.15) is 0 Å². The average Bonchev–Trinajstić information content (AvgIpc) is 2.62. The summed E-state index contributed by atoms with van der Waals surface area (Å²) in [7, 11) is 0. The molecule has 0 spiro atoms. The Morgan fingerprint density at radius 2 is 1.58 bits per heavy atom. The molecule has 1 heterocycles. The van der Waals surface area contributed by atoms with E-state index in [2.05, 4.69) is 16.7 Å². The zero-order chi connectivity index (χ0) is 17.9. The molecule has 4 nitrogen and oxygen atoms in total. The summed E-state index contributed by atoms with van der Waals surface area (Å²) in [4.78, 5) is 17.8. The minimum Gasteiger partial charge on any atom is -0.506 e. The summed E-state index contributed by atoms with van der Waals surface area (Å²) in [5.41, 5.74) is 2.04. The molecule has 1 aliphatic heterocycles.